The molecule has 4 heteroatoms. The predicted octanol–water partition coefficient (Wildman–Crippen LogP) is 5.33. The molecule has 0 saturated heterocycles. The van der Waals surface area contributed by atoms with Gasteiger partial charge in [-0.1, -0.05) is 62.9 Å². The van der Waals surface area contributed by atoms with Gasteiger partial charge >= 0.3 is 0 Å². The van der Waals surface area contributed by atoms with Crippen molar-refractivity contribution in [1.82, 2.24) is 5.32 Å². The molecule has 0 bridgehead atoms. The molecule has 3 nitrogen and oxygen atoms in total. The van der Waals surface area contributed by atoms with Crippen molar-refractivity contribution in [2.75, 3.05) is 11.9 Å². The zero-order valence-electron chi connectivity index (χ0n) is 14.9. The van der Waals surface area contributed by atoms with E-state index in [0.717, 1.165) is 17.9 Å². The van der Waals surface area contributed by atoms with E-state index in [9.17, 15) is 0 Å². The Hall–Kier alpha value is -2.33. The Morgan fingerprint density at radius 2 is 1.92 bits per heavy atom. The van der Waals surface area contributed by atoms with Crippen LogP contribution in [0.4, 0.5) is 5.69 Å². The lowest BCUT2D eigenvalue weighted by Gasteiger charge is -2.23. The maximum absolute atomic E-state index is 5.56. The highest BCUT2D eigenvalue weighted by atomic mass is 32.1. The second-order valence-corrected chi connectivity index (χ2v) is 6.73. The number of benzene rings is 2. The van der Waals surface area contributed by atoms with E-state index in [1.807, 2.05) is 30.3 Å². The molecule has 0 fully saturated rings. The molecular weight excluding hydrogens is 328 g/mol. The summed E-state index contributed by atoms with van der Waals surface area (Å²) in [4.78, 5) is 0. The lowest BCUT2D eigenvalue weighted by atomic mass is 9.97. The van der Waals surface area contributed by atoms with Crippen LogP contribution in [-0.4, -0.2) is 11.7 Å². The quantitative estimate of drug-likeness (QED) is 0.496. The van der Waals surface area contributed by atoms with Crippen molar-refractivity contribution in [3.8, 4) is 5.75 Å². The van der Waals surface area contributed by atoms with Crippen LogP contribution >= 0.6 is 12.2 Å². The minimum atomic E-state index is 0.182. The molecule has 25 heavy (non-hydrogen) atoms. The molecule has 0 aliphatic rings. The minimum absolute atomic E-state index is 0.182. The Balaban J connectivity index is 2.02. The molecule has 0 aliphatic heterocycles. The van der Waals surface area contributed by atoms with Crippen LogP contribution < -0.4 is 15.4 Å². The zero-order chi connectivity index (χ0) is 18.1. The molecule has 2 rings (SSSR count). The number of rotatable bonds is 8. The van der Waals surface area contributed by atoms with Gasteiger partial charge in [0.15, 0.2) is 5.11 Å². The van der Waals surface area contributed by atoms with Crippen molar-refractivity contribution in [3.05, 3.63) is 72.8 Å². The van der Waals surface area contributed by atoms with E-state index in [1.165, 1.54) is 5.56 Å². The van der Waals surface area contributed by atoms with Crippen LogP contribution in [0.2, 0.25) is 0 Å². The number of anilines is 1. The van der Waals surface area contributed by atoms with Gasteiger partial charge in [-0.3, -0.25) is 0 Å². The van der Waals surface area contributed by atoms with E-state index < -0.39 is 0 Å². The maximum Gasteiger partial charge on any atom is 0.171 e. The third kappa shape index (κ3) is 6.59. The molecule has 0 radical (unpaired) electrons. The van der Waals surface area contributed by atoms with Crippen LogP contribution in [0, 0.1) is 5.92 Å². The largest absolute Gasteiger partial charge is 0.489 e. The van der Waals surface area contributed by atoms with Crippen molar-refractivity contribution in [1.29, 1.82) is 0 Å². The first-order chi connectivity index (χ1) is 12.1. The summed E-state index contributed by atoms with van der Waals surface area (Å²) < 4.78 is 5.56. The van der Waals surface area contributed by atoms with E-state index >= 15 is 0 Å². The lowest BCUT2D eigenvalue weighted by Crippen LogP contribution is -2.33. The molecule has 1 atom stereocenters. The van der Waals surface area contributed by atoms with Crippen LogP contribution in [-0.2, 0) is 0 Å². The first-order valence-corrected chi connectivity index (χ1v) is 8.95. The molecule has 2 N–H and O–H groups in total. The second kappa shape index (κ2) is 9.84. The fraction of sp³-hybridized carbons (Fsp3) is 0.286. The molecular formula is C21H26N2OS. The molecule has 0 amide bonds. The summed E-state index contributed by atoms with van der Waals surface area (Å²) in [5.74, 6) is 1.35. The van der Waals surface area contributed by atoms with E-state index in [0.29, 0.717) is 17.6 Å². The normalized spacial score (nSPS) is 11.6. The van der Waals surface area contributed by atoms with Gasteiger partial charge in [0.05, 0.1) is 6.04 Å². The number of ether oxygens (including phenoxy) is 1. The molecule has 0 aromatic heterocycles. The second-order valence-electron chi connectivity index (χ2n) is 6.32. The van der Waals surface area contributed by atoms with Crippen molar-refractivity contribution < 1.29 is 4.74 Å². The molecule has 0 saturated carbocycles. The number of nitrogens with one attached hydrogen (secondary N) is 2. The smallest absolute Gasteiger partial charge is 0.171 e. The summed E-state index contributed by atoms with van der Waals surface area (Å²) in [6.07, 6.45) is 2.73. The average molecular weight is 355 g/mol. The van der Waals surface area contributed by atoms with Crippen molar-refractivity contribution in [2.24, 2.45) is 5.92 Å². The summed E-state index contributed by atoms with van der Waals surface area (Å²) in [5, 5.41) is 7.29. The Morgan fingerprint density at radius 3 is 2.60 bits per heavy atom. The van der Waals surface area contributed by atoms with Gasteiger partial charge in [0, 0.05) is 11.8 Å². The van der Waals surface area contributed by atoms with E-state index in [1.54, 1.807) is 6.08 Å². The van der Waals surface area contributed by atoms with Gasteiger partial charge in [0.1, 0.15) is 12.4 Å². The summed E-state index contributed by atoms with van der Waals surface area (Å²) in [7, 11) is 0. The van der Waals surface area contributed by atoms with Crippen LogP contribution in [0.15, 0.2) is 67.3 Å². The highest BCUT2D eigenvalue weighted by molar-refractivity contribution is 7.80. The van der Waals surface area contributed by atoms with E-state index in [2.05, 4.69) is 55.3 Å². The lowest BCUT2D eigenvalue weighted by molar-refractivity contribution is 0.363. The van der Waals surface area contributed by atoms with Gasteiger partial charge in [-0.05, 0) is 42.3 Å². The van der Waals surface area contributed by atoms with Crippen LogP contribution in [0.1, 0.15) is 31.9 Å². The zero-order valence-corrected chi connectivity index (χ0v) is 15.7. The highest BCUT2D eigenvalue weighted by Gasteiger charge is 2.14. The SMILES string of the molecule is C=CCOc1cccc(NC(=S)N[C@H](CC(C)C)c2ccccc2)c1. The average Bonchev–Trinajstić information content (AvgIpc) is 2.60. The van der Waals surface area contributed by atoms with Crippen molar-refractivity contribution >= 4 is 23.0 Å². The first-order valence-electron chi connectivity index (χ1n) is 8.54. The number of hydrogen-bond acceptors (Lipinski definition) is 2. The van der Waals surface area contributed by atoms with Gasteiger partial charge in [-0.2, -0.15) is 0 Å². The van der Waals surface area contributed by atoms with Crippen LogP contribution in [0.25, 0.3) is 0 Å². The van der Waals surface area contributed by atoms with E-state index in [4.69, 9.17) is 17.0 Å². The molecule has 0 heterocycles. The highest BCUT2D eigenvalue weighted by Crippen LogP contribution is 2.22. The standard InChI is InChI=1S/C21H26N2OS/c1-4-13-24-19-12-8-11-18(15-19)22-21(25)23-20(14-16(2)3)17-9-6-5-7-10-17/h4-12,15-16,20H,1,13-14H2,2-3H3,(H2,22,23,25)/t20-/m1/s1. The predicted molar refractivity (Wildman–Crippen MR) is 110 cm³/mol. The fourth-order valence-corrected chi connectivity index (χ4v) is 2.84. The van der Waals surface area contributed by atoms with Gasteiger partial charge in [-0.15, -0.1) is 0 Å². The monoisotopic (exact) mass is 354 g/mol. The van der Waals surface area contributed by atoms with Gasteiger partial charge < -0.3 is 15.4 Å². The fourth-order valence-electron chi connectivity index (χ4n) is 2.58. The van der Waals surface area contributed by atoms with Gasteiger partial charge in [0.2, 0.25) is 0 Å². The molecule has 2 aromatic carbocycles. The Labute approximate surface area is 156 Å². The molecule has 2 aromatic rings. The van der Waals surface area contributed by atoms with Crippen molar-refractivity contribution in [3.63, 3.8) is 0 Å². The summed E-state index contributed by atoms with van der Waals surface area (Å²) in [5.41, 5.74) is 2.14. The maximum atomic E-state index is 5.56. The van der Waals surface area contributed by atoms with Gasteiger partial charge in [-0.25, -0.2) is 0 Å². The summed E-state index contributed by atoms with van der Waals surface area (Å²) in [6, 6.07) is 18.3. The Morgan fingerprint density at radius 1 is 1.16 bits per heavy atom. The summed E-state index contributed by atoms with van der Waals surface area (Å²) >= 11 is 5.52. The first kappa shape index (κ1) is 19.0. The summed E-state index contributed by atoms with van der Waals surface area (Å²) in [6.45, 7) is 8.58. The topological polar surface area (TPSA) is 33.3 Å². The van der Waals surface area contributed by atoms with Crippen LogP contribution in [0.5, 0.6) is 5.75 Å². The van der Waals surface area contributed by atoms with Crippen LogP contribution in [0.3, 0.4) is 0 Å². The third-order valence-corrected chi connectivity index (χ3v) is 3.89. The molecule has 0 aliphatic carbocycles. The number of thiocarbonyl (C=S) groups is 1. The molecule has 0 spiro atoms. The molecule has 0 unspecified atom stereocenters. The minimum Gasteiger partial charge on any atom is -0.489 e. The Kier molecular flexibility index (Phi) is 7.48. The number of hydrogen-bond donors (Lipinski definition) is 2. The van der Waals surface area contributed by atoms with Gasteiger partial charge in [0.25, 0.3) is 0 Å². The molecule has 132 valence electrons. The Bertz CT molecular complexity index is 685. The van der Waals surface area contributed by atoms with Crippen molar-refractivity contribution in [2.45, 2.75) is 26.3 Å². The third-order valence-electron chi connectivity index (χ3n) is 3.67. The van der Waals surface area contributed by atoms with E-state index in [-0.39, 0.29) is 6.04 Å².